The highest BCUT2D eigenvalue weighted by molar-refractivity contribution is 5.70. The van der Waals surface area contributed by atoms with Crippen molar-refractivity contribution in [2.24, 2.45) is 11.8 Å². The van der Waals surface area contributed by atoms with Crippen LogP contribution in [0.25, 0.3) is 5.57 Å². The van der Waals surface area contributed by atoms with Gasteiger partial charge in [-0.2, -0.15) is 0 Å². The van der Waals surface area contributed by atoms with Gasteiger partial charge in [0.2, 0.25) is 0 Å². The van der Waals surface area contributed by atoms with Crippen molar-refractivity contribution in [3.63, 3.8) is 0 Å². The van der Waals surface area contributed by atoms with Crippen LogP contribution in [0, 0.1) is 18.8 Å². The van der Waals surface area contributed by atoms with E-state index in [-0.39, 0.29) is 0 Å². The van der Waals surface area contributed by atoms with E-state index in [1.165, 1.54) is 71.2 Å². The normalized spacial score (nSPS) is 19.9. The number of hydrogen-bond acceptors (Lipinski definition) is 1. The maximum Gasteiger partial charge on any atom is 0.0668 e. The molecule has 1 nitrogen and oxygen atoms in total. The largest absolute Gasteiger partial charge is 0.253 e. The molecule has 0 aliphatic heterocycles. The number of pyridine rings is 1. The highest BCUT2D eigenvalue weighted by Crippen LogP contribution is 2.32. The molecule has 2 aliphatic rings. The van der Waals surface area contributed by atoms with Crippen molar-refractivity contribution < 1.29 is 0 Å². The Morgan fingerprint density at radius 3 is 2.40 bits per heavy atom. The van der Waals surface area contributed by atoms with E-state index < -0.39 is 0 Å². The van der Waals surface area contributed by atoms with Crippen molar-refractivity contribution >= 4 is 5.57 Å². The second-order valence-corrected chi connectivity index (χ2v) is 11.0. The Labute approximate surface area is 212 Å². The van der Waals surface area contributed by atoms with Crippen molar-refractivity contribution in [3.8, 4) is 0 Å². The quantitative estimate of drug-likeness (QED) is 0.327. The van der Waals surface area contributed by atoms with Crippen molar-refractivity contribution in [1.82, 2.24) is 4.98 Å². The monoisotopic (exact) mass is 461 g/mol. The molecule has 0 radical (unpaired) electrons. The van der Waals surface area contributed by atoms with Crippen LogP contribution in [-0.2, 0) is 19.3 Å². The standard InChI is InChI=1S/C34H39N/c1-25-12-14-28(15-13-25)21-30-8-4-9-31(22-30)24-33-10-5-11-34(35-33)32-19-18-29(23-32)17-16-27-7-3-6-26(2)20-27/h3-11,18-20,22,25,28H,12-17,21,23-24H2,1-2H3. The summed E-state index contributed by atoms with van der Waals surface area (Å²) in [6.45, 7) is 4.58. The second-order valence-electron chi connectivity index (χ2n) is 11.0. The van der Waals surface area contributed by atoms with Gasteiger partial charge < -0.3 is 0 Å². The van der Waals surface area contributed by atoms with E-state index in [0.29, 0.717) is 0 Å². The smallest absolute Gasteiger partial charge is 0.0668 e. The van der Waals surface area contributed by atoms with E-state index >= 15 is 0 Å². The van der Waals surface area contributed by atoms with Gasteiger partial charge in [0.05, 0.1) is 5.69 Å². The molecule has 1 aromatic heterocycles. The summed E-state index contributed by atoms with van der Waals surface area (Å²) >= 11 is 0. The van der Waals surface area contributed by atoms with E-state index in [1.54, 1.807) is 0 Å². The topological polar surface area (TPSA) is 12.9 Å². The van der Waals surface area contributed by atoms with Gasteiger partial charge >= 0.3 is 0 Å². The lowest BCUT2D eigenvalue weighted by molar-refractivity contribution is 0.289. The highest BCUT2D eigenvalue weighted by Gasteiger charge is 2.18. The fourth-order valence-corrected chi connectivity index (χ4v) is 5.80. The molecule has 1 heteroatoms. The zero-order valence-electron chi connectivity index (χ0n) is 21.5. The molecule has 5 rings (SSSR count). The van der Waals surface area contributed by atoms with Gasteiger partial charge in [-0.25, -0.2) is 0 Å². The molecule has 1 heterocycles. The van der Waals surface area contributed by atoms with Crippen LogP contribution in [0.4, 0.5) is 0 Å². The summed E-state index contributed by atoms with van der Waals surface area (Å²) in [4.78, 5) is 5.07. The number of rotatable bonds is 8. The minimum absolute atomic E-state index is 0.866. The predicted octanol–water partition coefficient (Wildman–Crippen LogP) is 8.70. The van der Waals surface area contributed by atoms with Gasteiger partial charge in [-0.15, -0.1) is 0 Å². The lowest BCUT2D eigenvalue weighted by Crippen LogP contribution is -2.14. The van der Waals surface area contributed by atoms with Gasteiger partial charge in [-0.05, 0) is 91.7 Å². The maximum atomic E-state index is 5.07. The third-order valence-electron chi connectivity index (χ3n) is 7.93. The molecule has 1 fully saturated rings. The first-order valence-corrected chi connectivity index (χ1v) is 13.6. The van der Waals surface area contributed by atoms with Crippen molar-refractivity contribution in [2.75, 3.05) is 0 Å². The molecule has 35 heavy (non-hydrogen) atoms. The van der Waals surface area contributed by atoms with Gasteiger partial charge in [0.1, 0.15) is 0 Å². The van der Waals surface area contributed by atoms with Crippen LogP contribution < -0.4 is 0 Å². The minimum atomic E-state index is 0.866. The summed E-state index contributed by atoms with van der Waals surface area (Å²) in [6, 6.07) is 24.7. The summed E-state index contributed by atoms with van der Waals surface area (Å²) in [5, 5.41) is 0. The second kappa shape index (κ2) is 11.2. The Morgan fingerprint density at radius 2 is 1.54 bits per heavy atom. The Kier molecular flexibility index (Phi) is 7.62. The summed E-state index contributed by atoms with van der Waals surface area (Å²) in [6.07, 6.45) is 15.6. The maximum absolute atomic E-state index is 5.07. The van der Waals surface area contributed by atoms with Crippen molar-refractivity contribution in [3.05, 3.63) is 118 Å². The molecular weight excluding hydrogens is 422 g/mol. The zero-order chi connectivity index (χ0) is 24.0. The minimum Gasteiger partial charge on any atom is -0.253 e. The highest BCUT2D eigenvalue weighted by atomic mass is 14.7. The SMILES string of the molecule is Cc1cccc(CCC2=CC=C(c3cccc(Cc4cccc(CC5CCC(C)CC5)c4)n3)C2)c1. The third-order valence-corrected chi connectivity index (χ3v) is 7.93. The molecular formula is C34H39N. The van der Waals surface area contributed by atoms with E-state index in [1.807, 2.05) is 0 Å². The first kappa shape index (κ1) is 23.8. The van der Waals surface area contributed by atoms with E-state index in [2.05, 4.69) is 92.7 Å². The lowest BCUT2D eigenvalue weighted by Gasteiger charge is -2.26. The Bertz CT molecular complexity index is 1210. The van der Waals surface area contributed by atoms with Crippen molar-refractivity contribution in [1.29, 1.82) is 0 Å². The summed E-state index contributed by atoms with van der Waals surface area (Å²) < 4.78 is 0. The Morgan fingerprint density at radius 1 is 0.771 bits per heavy atom. The van der Waals surface area contributed by atoms with Crippen LogP contribution in [0.1, 0.15) is 79.1 Å². The number of aromatic nitrogens is 1. The Hall–Kier alpha value is -2.93. The molecule has 1 saturated carbocycles. The molecule has 0 unspecified atom stereocenters. The molecule has 180 valence electrons. The zero-order valence-corrected chi connectivity index (χ0v) is 21.5. The van der Waals surface area contributed by atoms with Crippen LogP contribution in [0.15, 0.2) is 84.5 Å². The fraction of sp³-hybridized carbons (Fsp3) is 0.382. The average molecular weight is 462 g/mol. The first-order chi connectivity index (χ1) is 17.1. The molecule has 0 atom stereocenters. The number of allylic oxidation sites excluding steroid dienone is 4. The third kappa shape index (κ3) is 6.60. The van der Waals surface area contributed by atoms with Crippen LogP contribution in [0.5, 0.6) is 0 Å². The Balaban J connectivity index is 1.17. The van der Waals surface area contributed by atoms with E-state index in [4.69, 9.17) is 4.98 Å². The van der Waals surface area contributed by atoms with Gasteiger partial charge in [0, 0.05) is 12.1 Å². The molecule has 0 saturated heterocycles. The van der Waals surface area contributed by atoms with Gasteiger partial charge in [-0.3, -0.25) is 4.98 Å². The van der Waals surface area contributed by atoms with Gasteiger partial charge in [0.15, 0.2) is 0 Å². The molecule has 0 N–H and O–H groups in total. The fourth-order valence-electron chi connectivity index (χ4n) is 5.80. The number of nitrogens with zero attached hydrogens (tertiary/aromatic N) is 1. The summed E-state index contributed by atoms with van der Waals surface area (Å²) in [5.74, 6) is 1.79. The van der Waals surface area contributed by atoms with Gasteiger partial charge in [-0.1, -0.05) is 97.7 Å². The number of hydrogen-bond donors (Lipinski definition) is 0. The molecule has 3 aromatic rings. The first-order valence-electron chi connectivity index (χ1n) is 13.6. The lowest BCUT2D eigenvalue weighted by atomic mass is 9.80. The van der Waals surface area contributed by atoms with E-state index in [9.17, 15) is 0 Å². The number of benzene rings is 2. The molecule has 0 spiro atoms. The van der Waals surface area contributed by atoms with Crippen LogP contribution in [-0.4, -0.2) is 4.98 Å². The summed E-state index contributed by atoms with van der Waals surface area (Å²) in [7, 11) is 0. The molecule has 2 aromatic carbocycles. The predicted molar refractivity (Wildman–Crippen MR) is 148 cm³/mol. The van der Waals surface area contributed by atoms with Crippen LogP contribution >= 0.6 is 0 Å². The molecule has 0 amide bonds. The van der Waals surface area contributed by atoms with Crippen LogP contribution in [0.2, 0.25) is 0 Å². The molecule has 2 aliphatic carbocycles. The van der Waals surface area contributed by atoms with Gasteiger partial charge in [0.25, 0.3) is 0 Å². The van der Waals surface area contributed by atoms with Crippen molar-refractivity contribution in [2.45, 2.75) is 71.6 Å². The van der Waals surface area contributed by atoms with Crippen LogP contribution in [0.3, 0.4) is 0 Å². The molecule has 0 bridgehead atoms. The summed E-state index contributed by atoms with van der Waals surface area (Å²) in [5.41, 5.74) is 10.8. The average Bonchev–Trinajstić information content (AvgIpc) is 3.34. The van der Waals surface area contributed by atoms with E-state index in [0.717, 1.165) is 43.2 Å². The number of aryl methyl sites for hydroxylation is 2.